The van der Waals surface area contributed by atoms with Gasteiger partial charge in [0.15, 0.2) is 5.69 Å². The van der Waals surface area contributed by atoms with Gasteiger partial charge in [0.25, 0.3) is 0 Å². The first kappa shape index (κ1) is 12.6. The first-order valence-electron chi connectivity index (χ1n) is 5.38. The monoisotopic (exact) mass is 263 g/mol. The molecule has 0 aliphatic rings. The lowest BCUT2D eigenvalue weighted by molar-refractivity contribution is 0.0692. The molecular formula is C13H13NO3S. The molecule has 94 valence electrons. The van der Waals surface area contributed by atoms with Crippen LogP contribution >= 0.6 is 11.3 Å². The van der Waals surface area contributed by atoms with Crippen molar-refractivity contribution in [3.8, 4) is 16.2 Å². The number of carboxylic acid groups (broad SMARTS) is 1. The van der Waals surface area contributed by atoms with Crippen LogP contribution in [0.15, 0.2) is 18.2 Å². The van der Waals surface area contributed by atoms with Crippen LogP contribution in [-0.4, -0.2) is 23.2 Å². The van der Waals surface area contributed by atoms with Crippen LogP contribution in [-0.2, 0) is 0 Å². The Morgan fingerprint density at radius 3 is 2.72 bits per heavy atom. The summed E-state index contributed by atoms with van der Waals surface area (Å²) in [4.78, 5) is 15.9. The van der Waals surface area contributed by atoms with Gasteiger partial charge in [-0.15, -0.1) is 11.3 Å². The highest BCUT2D eigenvalue weighted by atomic mass is 32.1. The maximum Gasteiger partial charge on any atom is 0.356 e. The Balaban J connectivity index is 2.68. The smallest absolute Gasteiger partial charge is 0.356 e. The van der Waals surface area contributed by atoms with Crippen molar-refractivity contribution in [3.63, 3.8) is 0 Å². The molecule has 1 aromatic heterocycles. The second kappa shape index (κ2) is 4.78. The van der Waals surface area contributed by atoms with Crippen LogP contribution < -0.4 is 4.74 Å². The minimum atomic E-state index is -1.02. The number of thiazole rings is 1. The fourth-order valence-electron chi connectivity index (χ4n) is 1.75. The molecule has 4 nitrogen and oxygen atoms in total. The summed E-state index contributed by atoms with van der Waals surface area (Å²) in [6, 6.07) is 5.68. The van der Waals surface area contributed by atoms with Crippen LogP contribution in [0.5, 0.6) is 5.75 Å². The predicted molar refractivity (Wildman–Crippen MR) is 70.5 cm³/mol. The predicted octanol–water partition coefficient (Wildman–Crippen LogP) is 3.13. The number of carbonyl (C=O) groups is 1. The number of carboxylic acids is 1. The first-order valence-corrected chi connectivity index (χ1v) is 6.20. The van der Waals surface area contributed by atoms with Crippen molar-refractivity contribution in [1.29, 1.82) is 0 Å². The molecule has 1 N–H and O–H groups in total. The third kappa shape index (κ3) is 2.22. The molecule has 2 aromatic rings. The number of aromatic nitrogens is 1. The van der Waals surface area contributed by atoms with E-state index in [1.165, 1.54) is 11.3 Å². The Morgan fingerprint density at radius 2 is 2.11 bits per heavy atom. The highest BCUT2D eigenvalue weighted by Gasteiger charge is 2.20. The summed E-state index contributed by atoms with van der Waals surface area (Å²) in [5.74, 6) is -0.357. The molecule has 0 saturated carbocycles. The highest BCUT2D eigenvalue weighted by Crippen LogP contribution is 2.37. The molecule has 0 saturated heterocycles. The lowest BCUT2D eigenvalue weighted by Gasteiger charge is -2.08. The van der Waals surface area contributed by atoms with Gasteiger partial charge in [-0.05, 0) is 26.0 Å². The van der Waals surface area contributed by atoms with Crippen molar-refractivity contribution in [2.24, 2.45) is 0 Å². The topological polar surface area (TPSA) is 59.4 Å². The maximum atomic E-state index is 11.2. The third-order valence-corrected chi connectivity index (χ3v) is 3.54. The minimum Gasteiger partial charge on any atom is -0.496 e. The third-order valence-electron chi connectivity index (χ3n) is 2.54. The Hall–Kier alpha value is -1.88. The zero-order valence-corrected chi connectivity index (χ0v) is 11.2. The van der Waals surface area contributed by atoms with Crippen LogP contribution in [0.4, 0.5) is 0 Å². The number of methoxy groups -OCH3 is 1. The molecule has 0 fully saturated rings. The lowest BCUT2D eigenvalue weighted by Crippen LogP contribution is -1.99. The molecule has 0 atom stereocenters. The molecule has 0 amide bonds. The average molecular weight is 263 g/mol. The van der Waals surface area contributed by atoms with Crippen molar-refractivity contribution in [1.82, 2.24) is 4.98 Å². The van der Waals surface area contributed by atoms with Crippen LogP contribution in [0.3, 0.4) is 0 Å². The van der Waals surface area contributed by atoms with Gasteiger partial charge in [-0.25, -0.2) is 9.78 Å². The van der Waals surface area contributed by atoms with Gasteiger partial charge in [-0.2, -0.15) is 0 Å². The van der Waals surface area contributed by atoms with Gasteiger partial charge in [0.2, 0.25) is 0 Å². The molecule has 0 aliphatic carbocycles. The highest BCUT2D eigenvalue weighted by molar-refractivity contribution is 7.15. The van der Waals surface area contributed by atoms with E-state index in [0.717, 1.165) is 16.1 Å². The maximum absolute atomic E-state index is 11.2. The zero-order valence-electron chi connectivity index (χ0n) is 10.4. The molecule has 2 rings (SSSR count). The van der Waals surface area contributed by atoms with Gasteiger partial charge >= 0.3 is 5.97 Å². The second-order valence-corrected chi connectivity index (χ2v) is 5.12. The van der Waals surface area contributed by atoms with Gasteiger partial charge in [0, 0.05) is 5.56 Å². The van der Waals surface area contributed by atoms with E-state index in [9.17, 15) is 9.90 Å². The molecule has 5 heteroatoms. The van der Waals surface area contributed by atoms with E-state index in [1.54, 1.807) is 14.0 Å². The molecule has 0 unspecified atom stereocenters. The Morgan fingerprint density at radius 1 is 1.39 bits per heavy atom. The molecule has 1 aromatic carbocycles. The summed E-state index contributed by atoms with van der Waals surface area (Å²) in [7, 11) is 1.57. The summed E-state index contributed by atoms with van der Waals surface area (Å²) in [5, 5.41) is 9.90. The lowest BCUT2D eigenvalue weighted by atomic mass is 10.1. The number of aromatic carboxylic acids is 1. The van der Waals surface area contributed by atoms with Crippen molar-refractivity contribution in [2.45, 2.75) is 13.8 Å². The van der Waals surface area contributed by atoms with E-state index in [1.807, 2.05) is 25.1 Å². The standard InChI is InChI=1S/C13H13NO3S/c1-7-4-5-10(17-3)9(6-7)12-11(13(15)16)14-8(2)18-12/h4-6H,1-3H3,(H,15,16). The molecule has 0 radical (unpaired) electrons. The Bertz CT molecular complexity index is 604. The normalized spacial score (nSPS) is 10.4. The van der Waals surface area contributed by atoms with E-state index < -0.39 is 5.97 Å². The van der Waals surface area contributed by atoms with Crippen molar-refractivity contribution >= 4 is 17.3 Å². The number of nitrogens with zero attached hydrogens (tertiary/aromatic N) is 1. The average Bonchev–Trinajstić information content (AvgIpc) is 2.71. The molecule has 0 aliphatic heterocycles. The van der Waals surface area contributed by atoms with E-state index >= 15 is 0 Å². The Kier molecular flexibility index (Phi) is 3.34. The molecule has 0 bridgehead atoms. The molecule has 1 heterocycles. The number of benzene rings is 1. The summed E-state index contributed by atoms with van der Waals surface area (Å²) in [6.07, 6.45) is 0. The van der Waals surface area contributed by atoms with Gasteiger partial charge in [-0.1, -0.05) is 11.6 Å². The van der Waals surface area contributed by atoms with E-state index in [4.69, 9.17) is 4.74 Å². The largest absolute Gasteiger partial charge is 0.496 e. The fourth-order valence-corrected chi connectivity index (χ4v) is 2.69. The number of rotatable bonds is 3. The van der Waals surface area contributed by atoms with Crippen LogP contribution in [0, 0.1) is 13.8 Å². The number of hydrogen-bond donors (Lipinski definition) is 1. The van der Waals surface area contributed by atoms with Crippen molar-refractivity contribution < 1.29 is 14.6 Å². The van der Waals surface area contributed by atoms with Crippen LogP contribution in [0.1, 0.15) is 21.1 Å². The van der Waals surface area contributed by atoms with Crippen LogP contribution in [0.25, 0.3) is 10.4 Å². The molecular weight excluding hydrogens is 250 g/mol. The van der Waals surface area contributed by atoms with Crippen LogP contribution in [0.2, 0.25) is 0 Å². The SMILES string of the molecule is COc1ccc(C)cc1-c1sc(C)nc1C(=O)O. The van der Waals surface area contributed by atoms with Gasteiger partial charge < -0.3 is 9.84 Å². The first-order chi connectivity index (χ1) is 8.52. The van der Waals surface area contributed by atoms with Gasteiger partial charge in [0.1, 0.15) is 5.75 Å². The van der Waals surface area contributed by atoms with Crippen molar-refractivity contribution in [2.75, 3.05) is 7.11 Å². The molecule has 18 heavy (non-hydrogen) atoms. The van der Waals surface area contributed by atoms with Crippen molar-refractivity contribution in [3.05, 3.63) is 34.5 Å². The quantitative estimate of drug-likeness (QED) is 0.924. The fraction of sp³-hybridized carbons (Fsp3) is 0.231. The van der Waals surface area contributed by atoms with E-state index in [0.29, 0.717) is 10.6 Å². The Labute approximate surface area is 109 Å². The van der Waals surface area contributed by atoms with E-state index in [-0.39, 0.29) is 5.69 Å². The summed E-state index contributed by atoms with van der Waals surface area (Å²) in [5.41, 5.74) is 1.91. The number of aryl methyl sites for hydroxylation is 2. The number of hydrogen-bond acceptors (Lipinski definition) is 4. The second-order valence-electron chi connectivity index (χ2n) is 3.92. The number of ether oxygens (including phenoxy) is 1. The van der Waals surface area contributed by atoms with Gasteiger partial charge in [0.05, 0.1) is 17.0 Å². The molecule has 0 spiro atoms. The van der Waals surface area contributed by atoms with Gasteiger partial charge in [-0.3, -0.25) is 0 Å². The summed E-state index contributed by atoms with van der Waals surface area (Å²) >= 11 is 1.36. The summed E-state index contributed by atoms with van der Waals surface area (Å²) in [6.45, 7) is 3.75. The minimum absolute atomic E-state index is 0.0846. The summed E-state index contributed by atoms with van der Waals surface area (Å²) < 4.78 is 5.28. The zero-order chi connectivity index (χ0) is 13.3. The van der Waals surface area contributed by atoms with E-state index in [2.05, 4.69) is 4.98 Å².